The first-order valence-corrected chi connectivity index (χ1v) is 7.32. The fourth-order valence-corrected chi connectivity index (χ4v) is 2.03. The second-order valence-corrected chi connectivity index (χ2v) is 4.84. The molecular formula is C14H27N3O2. The lowest BCUT2D eigenvalue weighted by molar-refractivity contribution is -0.0583. The van der Waals surface area contributed by atoms with Gasteiger partial charge >= 0.3 is 0 Å². The van der Waals surface area contributed by atoms with Gasteiger partial charge in [0.05, 0.1) is 6.54 Å². The second kappa shape index (κ2) is 7.60. The van der Waals surface area contributed by atoms with E-state index in [0.717, 1.165) is 19.3 Å². The van der Waals surface area contributed by atoms with Crippen LogP contribution < -0.4 is 5.32 Å². The molecule has 110 valence electrons. The molecule has 1 aromatic rings. The highest BCUT2D eigenvalue weighted by atomic mass is 16.5. The molecule has 1 unspecified atom stereocenters. The van der Waals surface area contributed by atoms with E-state index in [0.29, 0.717) is 30.9 Å². The number of rotatable bonds is 9. The van der Waals surface area contributed by atoms with Crippen LogP contribution in [0.3, 0.4) is 0 Å². The SMILES string of the molecule is CCOC(CC)(CC)c1noc(CNC(C)CC)n1. The molecule has 5 heteroatoms. The Morgan fingerprint density at radius 1 is 1.26 bits per heavy atom. The summed E-state index contributed by atoms with van der Waals surface area (Å²) in [7, 11) is 0. The van der Waals surface area contributed by atoms with Crippen molar-refractivity contribution < 1.29 is 9.26 Å². The van der Waals surface area contributed by atoms with Gasteiger partial charge in [-0.2, -0.15) is 4.98 Å². The van der Waals surface area contributed by atoms with E-state index in [1.165, 1.54) is 0 Å². The van der Waals surface area contributed by atoms with Crippen LogP contribution in [0.1, 0.15) is 65.6 Å². The van der Waals surface area contributed by atoms with Crippen molar-refractivity contribution in [2.24, 2.45) is 0 Å². The van der Waals surface area contributed by atoms with Gasteiger partial charge in [-0.3, -0.25) is 0 Å². The van der Waals surface area contributed by atoms with Gasteiger partial charge in [-0.05, 0) is 33.1 Å². The summed E-state index contributed by atoms with van der Waals surface area (Å²) in [5, 5.41) is 7.45. The Balaban J connectivity index is 2.75. The largest absolute Gasteiger partial charge is 0.367 e. The Labute approximate surface area is 116 Å². The lowest BCUT2D eigenvalue weighted by Crippen LogP contribution is -2.30. The van der Waals surface area contributed by atoms with Crippen molar-refractivity contribution in [3.8, 4) is 0 Å². The molecule has 1 heterocycles. The number of hydrogen-bond acceptors (Lipinski definition) is 5. The van der Waals surface area contributed by atoms with Gasteiger partial charge in [0.1, 0.15) is 5.60 Å². The highest BCUT2D eigenvalue weighted by Crippen LogP contribution is 2.30. The van der Waals surface area contributed by atoms with E-state index in [4.69, 9.17) is 9.26 Å². The molecule has 1 atom stereocenters. The van der Waals surface area contributed by atoms with Crippen molar-refractivity contribution in [3.05, 3.63) is 11.7 Å². The van der Waals surface area contributed by atoms with Crippen molar-refractivity contribution in [1.82, 2.24) is 15.5 Å². The molecule has 1 N–H and O–H groups in total. The highest BCUT2D eigenvalue weighted by Gasteiger charge is 2.34. The molecule has 19 heavy (non-hydrogen) atoms. The minimum absolute atomic E-state index is 0.410. The lowest BCUT2D eigenvalue weighted by atomic mass is 9.96. The van der Waals surface area contributed by atoms with Gasteiger partial charge in [0.2, 0.25) is 11.7 Å². The average molecular weight is 269 g/mol. The van der Waals surface area contributed by atoms with Crippen molar-refractivity contribution in [2.45, 2.75) is 72.1 Å². The predicted molar refractivity (Wildman–Crippen MR) is 74.8 cm³/mol. The van der Waals surface area contributed by atoms with Crippen molar-refractivity contribution in [3.63, 3.8) is 0 Å². The Morgan fingerprint density at radius 2 is 1.95 bits per heavy atom. The molecular weight excluding hydrogens is 242 g/mol. The van der Waals surface area contributed by atoms with E-state index in [-0.39, 0.29) is 0 Å². The Morgan fingerprint density at radius 3 is 2.47 bits per heavy atom. The van der Waals surface area contributed by atoms with Crippen molar-refractivity contribution in [1.29, 1.82) is 0 Å². The predicted octanol–water partition coefficient (Wildman–Crippen LogP) is 3.01. The molecule has 0 fully saturated rings. The smallest absolute Gasteiger partial charge is 0.240 e. The zero-order valence-corrected chi connectivity index (χ0v) is 12.8. The molecule has 0 saturated carbocycles. The third kappa shape index (κ3) is 4.01. The van der Waals surface area contributed by atoms with Gasteiger partial charge in [-0.15, -0.1) is 0 Å². The van der Waals surface area contributed by atoms with Gasteiger partial charge in [-0.25, -0.2) is 0 Å². The van der Waals surface area contributed by atoms with Gasteiger partial charge in [0.15, 0.2) is 0 Å². The topological polar surface area (TPSA) is 60.2 Å². The van der Waals surface area contributed by atoms with Crippen LogP contribution in [0.2, 0.25) is 0 Å². The third-order valence-corrected chi connectivity index (χ3v) is 3.65. The molecule has 0 aliphatic rings. The minimum Gasteiger partial charge on any atom is -0.367 e. The Hall–Kier alpha value is -0.940. The molecule has 0 aromatic carbocycles. The van der Waals surface area contributed by atoms with Gasteiger partial charge in [0, 0.05) is 12.6 Å². The number of ether oxygens (including phenoxy) is 1. The number of nitrogens with one attached hydrogen (secondary N) is 1. The normalized spacial score (nSPS) is 13.7. The van der Waals surface area contributed by atoms with Crippen molar-refractivity contribution in [2.75, 3.05) is 6.61 Å². The zero-order chi connectivity index (χ0) is 14.3. The van der Waals surface area contributed by atoms with Crippen LogP contribution >= 0.6 is 0 Å². The number of hydrogen-bond donors (Lipinski definition) is 1. The molecule has 0 spiro atoms. The number of aromatic nitrogens is 2. The summed E-state index contributed by atoms with van der Waals surface area (Å²) < 4.78 is 11.2. The summed E-state index contributed by atoms with van der Waals surface area (Å²) in [6, 6.07) is 0.448. The van der Waals surface area contributed by atoms with Crippen LogP contribution in [0.4, 0.5) is 0 Å². The van der Waals surface area contributed by atoms with Crippen molar-refractivity contribution >= 4 is 0 Å². The minimum atomic E-state index is -0.410. The van der Waals surface area contributed by atoms with Gasteiger partial charge < -0.3 is 14.6 Å². The zero-order valence-electron chi connectivity index (χ0n) is 12.8. The maximum absolute atomic E-state index is 5.87. The van der Waals surface area contributed by atoms with Crippen LogP contribution in [0.15, 0.2) is 4.52 Å². The third-order valence-electron chi connectivity index (χ3n) is 3.65. The fraction of sp³-hybridized carbons (Fsp3) is 0.857. The summed E-state index contributed by atoms with van der Waals surface area (Å²) in [6.07, 6.45) is 2.76. The molecule has 0 aliphatic carbocycles. The quantitative estimate of drug-likeness (QED) is 0.746. The second-order valence-electron chi connectivity index (χ2n) is 4.84. The van der Waals surface area contributed by atoms with E-state index in [1.807, 2.05) is 6.92 Å². The van der Waals surface area contributed by atoms with E-state index in [2.05, 4.69) is 43.2 Å². The van der Waals surface area contributed by atoms with Crippen LogP contribution in [0.25, 0.3) is 0 Å². The molecule has 1 rings (SSSR count). The van der Waals surface area contributed by atoms with Crippen LogP contribution in [-0.4, -0.2) is 22.8 Å². The monoisotopic (exact) mass is 269 g/mol. The molecule has 1 aromatic heterocycles. The van der Waals surface area contributed by atoms with E-state index in [9.17, 15) is 0 Å². The Kier molecular flexibility index (Phi) is 6.45. The first-order valence-electron chi connectivity index (χ1n) is 7.32. The first kappa shape index (κ1) is 16.1. The molecule has 0 bridgehead atoms. The Bertz CT molecular complexity index is 361. The van der Waals surface area contributed by atoms with Crippen LogP contribution in [0.5, 0.6) is 0 Å². The molecule has 0 radical (unpaired) electrons. The maximum Gasteiger partial charge on any atom is 0.240 e. The van der Waals surface area contributed by atoms with E-state index < -0.39 is 5.60 Å². The maximum atomic E-state index is 5.87. The fourth-order valence-electron chi connectivity index (χ4n) is 2.03. The van der Waals surface area contributed by atoms with E-state index >= 15 is 0 Å². The molecule has 0 saturated heterocycles. The summed E-state index contributed by atoms with van der Waals surface area (Å²) in [4.78, 5) is 4.48. The summed E-state index contributed by atoms with van der Waals surface area (Å²) in [5.41, 5.74) is -0.410. The highest BCUT2D eigenvalue weighted by molar-refractivity contribution is 5.01. The molecule has 0 aliphatic heterocycles. The first-order chi connectivity index (χ1) is 9.11. The summed E-state index contributed by atoms with van der Waals surface area (Å²) in [5.74, 6) is 1.29. The summed E-state index contributed by atoms with van der Waals surface area (Å²) >= 11 is 0. The summed E-state index contributed by atoms with van der Waals surface area (Å²) in [6.45, 7) is 11.7. The van der Waals surface area contributed by atoms with Crippen LogP contribution in [0, 0.1) is 0 Å². The molecule has 0 amide bonds. The average Bonchev–Trinajstić information content (AvgIpc) is 2.91. The van der Waals surface area contributed by atoms with Gasteiger partial charge in [0.25, 0.3) is 0 Å². The number of nitrogens with zero attached hydrogens (tertiary/aromatic N) is 2. The van der Waals surface area contributed by atoms with Crippen LogP contribution in [-0.2, 0) is 16.9 Å². The lowest BCUT2D eigenvalue weighted by Gasteiger charge is -2.27. The standard InChI is InChI=1S/C14H27N3O2/c1-6-11(5)15-10-12-16-13(17-19-12)14(7-2,8-3)18-9-4/h11,15H,6-10H2,1-5H3. The van der Waals surface area contributed by atoms with E-state index in [1.54, 1.807) is 0 Å². The molecule has 5 nitrogen and oxygen atoms in total. The van der Waals surface area contributed by atoms with Gasteiger partial charge in [-0.1, -0.05) is 25.9 Å².